The highest BCUT2D eigenvalue weighted by atomic mass is 31.2. The van der Waals surface area contributed by atoms with Gasteiger partial charge in [-0.3, -0.25) is 14.2 Å². The maximum absolute atomic E-state index is 12.7. The average Bonchev–Trinajstić information content (AvgIpc) is 3.15. The second-order valence-corrected chi connectivity index (χ2v) is 16.6. The van der Waals surface area contributed by atoms with Gasteiger partial charge >= 0.3 is 11.9 Å². The van der Waals surface area contributed by atoms with Crippen LogP contribution in [0.25, 0.3) is 0 Å². The normalized spacial score (nSPS) is 15.0. The molecule has 3 atom stereocenters. The van der Waals surface area contributed by atoms with E-state index in [1.54, 1.807) is 6.08 Å². The number of hydrogen-bond donors (Lipinski definition) is 1. The van der Waals surface area contributed by atoms with Crippen LogP contribution >= 0.6 is 7.82 Å². The van der Waals surface area contributed by atoms with E-state index in [9.17, 15) is 24.2 Å². The van der Waals surface area contributed by atoms with Gasteiger partial charge in [0.25, 0.3) is 7.82 Å². The zero-order valence-corrected chi connectivity index (χ0v) is 37.0. The summed E-state index contributed by atoms with van der Waals surface area (Å²) in [5.41, 5.74) is 0. The molecule has 0 aliphatic rings. The molecule has 0 fully saturated rings. The van der Waals surface area contributed by atoms with Crippen LogP contribution in [0, 0.1) is 0 Å². The first-order valence-corrected chi connectivity index (χ1v) is 22.9. The summed E-state index contributed by atoms with van der Waals surface area (Å²) >= 11 is 0. The van der Waals surface area contributed by atoms with Gasteiger partial charge in [-0.25, -0.2) is 0 Å². The summed E-state index contributed by atoms with van der Waals surface area (Å²) in [5.74, 6) is -0.926. The van der Waals surface area contributed by atoms with Gasteiger partial charge in [-0.2, -0.15) is 0 Å². The van der Waals surface area contributed by atoms with Crippen molar-refractivity contribution in [1.82, 2.24) is 0 Å². The lowest BCUT2D eigenvalue weighted by Crippen LogP contribution is -2.37. The Labute approximate surface area is 346 Å². The summed E-state index contributed by atoms with van der Waals surface area (Å²) in [4.78, 5) is 37.5. The summed E-state index contributed by atoms with van der Waals surface area (Å²) in [7, 11) is 1.09. The van der Waals surface area contributed by atoms with Gasteiger partial charge in [0.1, 0.15) is 19.8 Å². The second-order valence-electron chi connectivity index (χ2n) is 15.1. The smallest absolute Gasteiger partial charge is 0.306 e. The van der Waals surface area contributed by atoms with E-state index in [4.69, 9.17) is 18.5 Å². The molecule has 0 saturated carbocycles. The Kier molecular flexibility index (Phi) is 35.6. The largest absolute Gasteiger partial charge is 0.756 e. The molecule has 0 spiro atoms. The van der Waals surface area contributed by atoms with Crippen molar-refractivity contribution in [2.45, 2.75) is 148 Å². The number of aliphatic hydroxyl groups excluding tert-OH is 1. The van der Waals surface area contributed by atoms with Gasteiger partial charge < -0.3 is 33.0 Å². The van der Waals surface area contributed by atoms with Crippen LogP contribution in [0.4, 0.5) is 0 Å². The number of quaternary nitrogens is 1. The Bertz CT molecular complexity index is 1260. The number of phosphoric acid groups is 1. The van der Waals surface area contributed by atoms with E-state index in [1.807, 2.05) is 45.4 Å². The molecule has 0 bridgehead atoms. The highest BCUT2D eigenvalue weighted by Gasteiger charge is 2.21. The third kappa shape index (κ3) is 41.1. The summed E-state index contributed by atoms with van der Waals surface area (Å²) in [5, 5.41) is 9.88. The predicted octanol–water partition coefficient (Wildman–Crippen LogP) is 10.4. The SMILES string of the molecule is CC/C=C\C/C=C\C/C=C\C/C=C\CCCCCCC(=O)O[C@H](COC(=O)CCCCCCC/C=C/C=C/C(O)C/C=C/CC)COP(=O)([O-])OCC[N+](C)(C)C. The number of esters is 2. The Balaban J connectivity index is 4.51. The number of allylic oxidation sites excluding steroid dienone is 12. The van der Waals surface area contributed by atoms with Crippen molar-refractivity contribution in [2.24, 2.45) is 0 Å². The monoisotopic (exact) mass is 820 g/mol. The fourth-order valence-electron chi connectivity index (χ4n) is 5.15. The molecule has 0 rings (SSSR count). The summed E-state index contributed by atoms with van der Waals surface area (Å²) in [6.45, 7) is 3.80. The number of carbonyl (C=O) groups excluding carboxylic acids is 2. The first-order chi connectivity index (χ1) is 27.4. The van der Waals surface area contributed by atoms with Crippen LogP contribution in [-0.4, -0.2) is 81.2 Å². The number of carbonyl (C=O) groups is 2. The van der Waals surface area contributed by atoms with Crippen LogP contribution in [0.5, 0.6) is 0 Å². The molecule has 0 amide bonds. The molecule has 0 saturated heterocycles. The number of phosphoric ester groups is 1. The van der Waals surface area contributed by atoms with E-state index in [0.29, 0.717) is 30.3 Å². The van der Waals surface area contributed by atoms with Crippen molar-refractivity contribution in [3.63, 3.8) is 0 Å². The van der Waals surface area contributed by atoms with Crippen LogP contribution in [0.15, 0.2) is 85.1 Å². The van der Waals surface area contributed by atoms with Gasteiger partial charge in [0.2, 0.25) is 0 Å². The second kappa shape index (κ2) is 37.4. The van der Waals surface area contributed by atoms with Crippen molar-refractivity contribution in [2.75, 3.05) is 47.5 Å². The van der Waals surface area contributed by atoms with Gasteiger partial charge in [0, 0.05) is 12.8 Å². The molecule has 0 aromatic heterocycles. The number of hydrogen-bond acceptors (Lipinski definition) is 9. The molecule has 0 aliphatic carbocycles. The van der Waals surface area contributed by atoms with Crippen LogP contribution in [-0.2, 0) is 32.7 Å². The molecule has 1 N–H and O–H groups in total. The van der Waals surface area contributed by atoms with Crippen LogP contribution < -0.4 is 4.89 Å². The number of aliphatic hydroxyl groups is 1. The van der Waals surface area contributed by atoms with Crippen molar-refractivity contribution < 1.29 is 47.2 Å². The van der Waals surface area contributed by atoms with Gasteiger partial charge in [0.05, 0.1) is 33.9 Å². The number of unbranched alkanes of at least 4 members (excludes halogenated alkanes) is 9. The molecule has 2 unspecified atom stereocenters. The first-order valence-electron chi connectivity index (χ1n) is 21.4. The minimum atomic E-state index is -4.65. The van der Waals surface area contributed by atoms with Gasteiger partial charge in [0.15, 0.2) is 6.10 Å². The highest BCUT2D eigenvalue weighted by Crippen LogP contribution is 2.38. The quantitative estimate of drug-likeness (QED) is 0.0162. The van der Waals surface area contributed by atoms with Crippen LogP contribution in [0.1, 0.15) is 136 Å². The predicted molar refractivity (Wildman–Crippen MR) is 232 cm³/mol. The molecule has 0 aromatic carbocycles. The third-order valence-electron chi connectivity index (χ3n) is 8.49. The molecule has 0 radical (unpaired) electrons. The standard InChI is InChI=1S/C46H78NO9P/c1-6-8-10-11-12-13-14-15-16-17-18-19-20-23-27-30-34-38-46(50)56-44(42-55-57(51,52)54-40-39-47(3,4)5)41-53-45(49)37-33-29-26-24-21-22-25-28-32-36-43(48)35-31-9-7-2/h8-10,12-13,15-16,18-19,25,28,31-32,36,43-44,48H,6-7,11,14,17,20-24,26-27,29-30,33-35,37-42H2,1-5H3/b10-8-,13-12-,16-15-,19-18-,28-25+,31-9+,36-32+/t43?,44-/m1/s1. The molecule has 57 heavy (non-hydrogen) atoms. The van der Waals surface area contributed by atoms with Gasteiger partial charge in [-0.1, -0.05) is 131 Å². The Morgan fingerprint density at radius 3 is 1.79 bits per heavy atom. The Hall–Kier alpha value is -2.85. The fourth-order valence-corrected chi connectivity index (χ4v) is 5.88. The molecule has 0 aromatic rings. The van der Waals surface area contributed by atoms with E-state index < -0.39 is 38.6 Å². The minimum Gasteiger partial charge on any atom is -0.756 e. The van der Waals surface area contributed by atoms with Gasteiger partial charge in [-0.05, 0) is 77.0 Å². The van der Waals surface area contributed by atoms with Crippen molar-refractivity contribution in [1.29, 1.82) is 0 Å². The maximum atomic E-state index is 12.7. The summed E-state index contributed by atoms with van der Waals surface area (Å²) in [6.07, 6.45) is 43.7. The molecular formula is C46H78NO9P. The average molecular weight is 820 g/mol. The van der Waals surface area contributed by atoms with E-state index in [0.717, 1.165) is 89.9 Å². The first kappa shape index (κ1) is 54.2. The van der Waals surface area contributed by atoms with Crippen molar-refractivity contribution in [3.05, 3.63) is 85.1 Å². The van der Waals surface area contributed by atoms with Crippen LogP contribution in [0.2, 0.25) is 0 Å². The Morgan fingerprint density at radius 1 is 0.649 bits per heavy atom. The van der Waals surface area contributed by atoms with E-state index in [-0.39, 0.29) is 26.1 Å². The lowest BCUT2D eigenvalue weighted by Gasteiger charge is -2.28. The topological polar surface area (TPSA) is 131 Å². The minimum absolute atomic E-state index is 0.0531. The molecule has 326 valence electrons. The lowest BCUT2D eigenvalue weighted by molar-refractivity contribution is -0.870. The van der Waals surface area contributed by atoms with Crippen LogP contribution in [0.3, 0.4) is 0 Å². The van der Waals surface area contributed by atoms with Gasteiger partial charge in [-0.15, -0.1) is 0 Å². The number of ether oxygens (including phenoxy) is 2. The van der Waals surface area contributed by atoms with Crippen molar-refractivity contribution >= 4 is 19.8 Å². The number of nitrogens with zero attached hydrogens (tertiary/aromatic N) is 1. The number of likely N-dealkylation sites (N-methyl/N-ethyl adjacent to an activating group) is 1. The van der Waals surface area contributed by atoms with E-state index in [1.165, 1.54) is 0 Å². The maximum Gasteiger partial charge on any atom is 0.306 e. The lowest BCUT2D eigenvalue weighted by atomic mass is 10.1. The third-order valence-corrected chi connectivity index (χ3v) is 9.46. The zero-order valence-electron chi connectivity index (χ0n) is 36.1. The fraction of sp³-hybridized carbons (Fsp3) is 0.652. The van der Waals surface area contributed by atoms with E-state index in [2.05, 4.69) is 68.5 Å². The Morgan fingerprint density at radius 2 is 1.18 bits per heavy atom. The summed E-state index contributed by atoms with van der Waals surface area (Å²) in [6, 6.07) is 0. The summed E-state index contributed by atoms with van der Waals surface area (Å²) < 4.78 is 33.8. The molecular weight excluding hydrogens is 741 g/mol. The number of rotatable bonds is 37. The highest BCUT2D eigenvalue weighted by molar-refractivity contribution is 7.45. The molecule has 11 heteroatoms. The van der Waals surface area contributed by atoms with Crippen molar-refractivity contribution in [3.8, 4) is 0 Å². The van der Waals surface area contributed by atoms with E-state index >= 15 is 0 Å². The zero-order chi connectivity index (χ0) is 42.3. The molecule has 10 nitrogen and oxygen atoms in total. The molecule has 0 aliphatic heterocycles. The molecule has 0 heterocycles.